The normalized spacial score (nSPS) is 10.7. The van der Waals surface area contributed by atoms with E-state index in [1.165, 1.54) is 0 Å². The summed E-state index contributed by atoms with van der Waals surface area (Å²) in [6, 6.07) is 1.87. The first-order chi connectivity index (χ1) is 7.65. The van der Waals surface area contributed by atoms with E-state index in [9.17, 15) is 4.79 Å². The molecule has 4 heteroatoms. The monoisotopic (exact) mass is 239 g/mol. The Morgan fingerprint density at radius 1 is 1.62 bits per heavy atom. The average molecular weight is 240 g/mol. The second-order valence-electron chi connectivity index (χ2n) is 3.24. The second kappa shape index (κ2) is 6.28. The van der Waals surface area contributed by atoms with Crippen LogP contribution >= 0.6 is 11.6 Å². The largest absolute Gasteiger partial charge is 0.466 e. The number of carbonyl (C=O) groups excluding carboxylic acids is 1. The van der Waals surface area contributed by atoms with Crippen molar-refractivity contribution >= 4 is 23.6 Å². The summed E-state index contributed by atoms with van der Waals surface area (Å²) in [7, 11) is 0. The lowest BCUT2D eigenvalue weighted by Crippen LogP contribution is -2.01. The number of rotatable bonds is 4. The fourth-order valence-electron chi connectivity index (χ4n) is 1.23. The molecule has 1 aromatic rings. The number of hydrogen-bond acceptors (Lipinski definition) is 3. The molecule has 1 rings (SSSR count). The number of esters is 1. The highest BCUT2D eigenvalue weighted by molar-refractivity contribution is 6.30. The van der Waals surface area contributed by atoms with Crippen LogP contribution < -0.4 is 0 Å². The summed E-state index contributed by atoms with van der Waals surface area (Å²) >= 11 is 5.93. The van der Waals surface area contributed by atoms with Crippen LogP contribution in [0.15, 0.2) is 18.3 Å². The van der Waals surface area contributed by atoms with E-state index in [0.717, 1.165) is 11.1 Å². The van der Waals surface area contributed by atoms with Crippen LogP contribution in [-0.2, 0) is 9.53 Å². The molecule has 0 radical (unpaired) electrons. The minimum atomic E-state index is -0.239. The van der Waals surface area contributed by atoms with Crippen molar-refractivity contribution in [3.63, 3.8) is 0 Å². The SMILES string of the molecule is CCOC(=O)CC=Cc1c(C)ccnc1Cl. The van der Waals surface area contributed by atoms with Gasteiger partial charge in [0.25, 0.3) is 0 Å². The Kier molecular flexibility index (Phi) is 4.99. The molecular formula is C12H14ClNO2. The maximum atomic E-state index is 11.1. The van der Waals surface area contributed by atoms with Gasteiger partial charge in [-0.15, -0.1) is 0 Å². The number of ether oxygens (including phenoxy) is 1. The predicted octanol–water partition coefficient (Wildman–Crippen LogP) is 3.01. The molecule has 0 atom stereocenters. The van der Waals surface area contributed by atoms with Crippen molar-refractivity contribution in [1.82, 2.24) is 4.98 Å². The molecule has 0 aliphatic carbocycles. The highest BCUT2D eigenvalue weighted by atomic mass is 35.5. The van der Waals surface area contributed by atoms with Gasteiger partial charge in [0.2, 0.25) is 0 Å². The van der Waals surface area contributed by atoms with Crippen LogP contribution in [0.25, 0.3) is 6.08 Å². The number of pyridine rings is 1. The van der Waals surface area contributed by atoms with Gasteiger partial charge in [0.05, 0.1) is 13.0 Å². The third-order valence-electron chi connectivity index (χ3n) is 2.03. The third kappa shape index (κ3) is 3.66. The van der Waals surface area contributed by atoms with Crippen molar-refractivity contribution in [2.24, 2.45) is 0 Å². The average Bonchev–Trinajstić information content (AvgIpc) is 2.23. The standard InChI is InChI=1S/C12H14ClNO2/c1-3-16-11(15)6-4-5-10-9(2)7-8-14-12(10)13/h4-5,7-8H,3,6H2,1-2H3. The molecule has 0 N–H and O–H groups in total. The van der Waals surface area contributed by atoms with Crippen molar-refractivity contribution in [3.05, 3.63) is 34.6 Å². The van der Waals surface area contributed by atoms with Gasteiger partial charge in [0, 0.05) is 11.8 Å². The third-order valence-corrected chi connectivity index (χ3v) is 2.34. The Morgan fingerprint density at radius 2 is 2.38 bits per heavy atom. The highest BCUT2D eigenvalue weighted by Gasteiger charge is 2.01. The summed E-state index contributed by atoms with van der Waals surface area (Å²) in [4.78, 5) is 15.1. The Morgan fingerprint density at radius 3 is 3.00 bits per heavy atom. The molecule has 0 aliphatic rings. The van der Waals surface area contributed by atoms with Gasteiger partial charge in [-0.05, 0) is 25.5 Å². The minimum Gasteiger partial charge on any atom is -0.466 e. The lowest BCUT2D eigenvalue weighted by atomic mass is 10.1. The van der Waals surface area contributed by atoms with Crippen molar-refractivity contribution < 1.29 is 9.53 Å². The highest BCUT2D eigenvalue weighted by Crippen LogP contribution is 2.18. The molecule has 0 bridgehead atoms. The topological polar surface area (TPSA) is 39.2 Å². The number of carbonyl (C=O) groups is 1. The van der Waals surface area contributed by atoms with E-state index in [-0.39, 0.29) is 12.4 Å². The molecule has 1 heterocycles. The van der Waals surface area contributed by atoms with Crippen molar-refractivity contribution in [1.29, 1.82) is 0 Å². The summed E-state index contributed by atoms with van der Waals surface area (Å²) in [5.41, 5.74) is 1.87. The molecule has 1 aromatic heterocycles. The molecule has 0 spiro atoms. The fraction of sp³-hybridized carbons (Fsp3) is 0.333. The smallest absolute Gasteiger partial charge is 0.309 e. The van der Waals surface area contributed by atoms with E-state index >= 15 is 0 Å². The Balaban J connectivity index is 2.66. The second-order valence-corrected chi connectivity index (χ2v) is 3.60. The summed E-state index contributed by atoms with van der Waals surface area (Å²) < 4.78 is 4.80. The molecule has 0 saturated carbocycles. The van der Waals surface area contributed by atoms with Gasteiger partial charge in [0.1, 0.15) is 5.15 Å². The van der Waals surface area contributed by atoms with Gasteiger partial charge in [-0.2, -0.15) is 0 Å². The van der Waals surface area contributed by atoms with Gasteiger partial charge >= 0.3 is 5.97 Å². The minimum absolute atomic E-state index is 0.239. The van der Waals surface area contributed by atoms with Gasteiger partial charge in [-0.3, -0.25) is 4.79 Å². The maximum absolute atomic E-state index is 11.1. The van der Waals surface area contributed by atoms with Gasteiger partial charge in [-0.1, -0.05) is 23.8 Å². The summed E-state index contributed by atoms with van der Waals surface area (Å²) in [5, 5.41) is 0.445. The van der Waals surface area contributed by atoms with E-state index in [4.69, 9.17) is 16.3 Å². The molecule has 86 valence electrons. The first kappa shape index (κ1) is 12.7. The lowest BCUT2D eigenvalue weighted by Gasteiger charge is -2.01. The van der Waals surface area contributed by atoms with E-state index in [1.54, 1.807) is 25.3 Å². The van der Waals surface area contributed by atoms with Crippen LogP contribution in [0.1, 0.15) is 24.5 Å². The van der Waals surface area contributed by atoms with Gasteiger partial charge in [-0.25, -0.2) is 4.98 Å². The molecule has 0 aliphatic heterocycles. The quantitative estimate of drug-likeness (QED) is 0.599. The zero-order valence-electron chi connectivity index (χ0n) is 9.37. The number of aryl methyl sites for hydroxylation is 1. The molecule has 0 aromatic carbocycles. The summed E-state index contributed by atoms with van der Waals surface area (Å²) in [6.07, 6.45) is 5.42. The number of hydrogen-bond donors (Lipinski definition) is 0. The Labute approximate surface area is 100 Å². The molecule has 0 saturated heterocycles. The van der Waals surface area contributed by atoms with Crippen molar-refractivity contribution in [2.75, 3.05) is 6.61 Å². The van der Waals surface area contributed by atoms with E-state index in [2.05, 4.69) is 4.98 Å². The Bertz CT molecular complexity index is 382. The van der Waals surface area contributed by atoms with Crippen LogP contribution in [0.3, 0.4) is 0 Å². The summed E-state index contributed by atoms with van der Waals surface area (Å²) in [5.74, 6) is -0.239. The van der Waals surface area contributed by atoms with Crippen molar-refractivity contribution in [3.8, 4) is 0 Å². The van der Waals surface area contributed by atoms with E-state index in [0.29, 0.717) is 11.8 Å². The van der Waals surface area contributed by atoms with E-state index < -0.39 is 0 Å². The first-order valence-electron chi connectivity index (χ1n) is 5.08. The van der Waals surface area contributed by atoms with Crippen LogP contribution in [-0.4, -0.2) is 17.6 Å². The molecule has 16 heavy (non-hydrogen) atoms. The van der Waals surface area contributed by atoms with Gasteiger partial charge in [0.15, 0.2) is 0 Å². The van der Waals surface area contributed by atoms with Crippen LogP contribution in [0, 0.1) is 6.92 Å². The zero-order chi connectivity index (χ0) is 12.0. The van der Waals surface area contributed by atoms with E-state index in [1.807, 2.05) is 13.0 Å². The van der Waals surface area contributed by atoms with Crippen LogP contribution in [0.5, 0.6) is 0 Å². The molecule has 3 nitrogen and oxygen atoms in total. The molecule has 0 unspecified atom stereocenters. The molecule has 0 fully saturated rings. The van der Waals surface area contributed by atoms with Crippen LogP contribution in [0.4, 0.5) is 0 Å². The van der Waals surface area contributed by atoms with Crippen molar-refractivity contribution in [2.45, 2.75) is 20.3 Å². The maximum Gasteiger partial charge on any atom is 0.309 e. The molecular weight excluding hydrogens is 226 g/mol. The number of aromatic nitrogens is 1. The fourth-order valence-corrected chi connectivity index (χ4v) is 1.50. The van der Waals surface area contributed by atoms with Crippen LogP contribution in [0.2, 0.25) is 5.15 Å². The predicted molar refractivity (Wildman–Crippen MR) is 64.3 cm³/mol. The van der Waals surface area contributed by atoms with Gasteiger partial charge < -0.3 is 4.74 Å². The number of halogens is 1. The molecule has 0 amide bonds. The Hall–Kier alpha value is -1.35. The summed E-state index contributed by atoms with van der Waals surface area (Å²) in [6.45, 7) is 4.13. The zero-order valence-corrected chi connectivity index (χ0v) is 10.1. The lowest BCUT2D eigenvalue weighted by molar-refractivity contribution is -0.142. The number of nitrogens with zero attached hydrogens (tertiary/aromatic N) is 1. The first-order valence-corrected chi connectivity index (χ1v) is 5.46.